The summed E-state index contributed by atoms with van der Waals surface area (Å²) in [6.45, 7) is 3.70. The summed E-state index contributed by atoms with van der Waals surface area (Å²) in [5.74, 6) is -1.59. The lowest BCUT2D eigenvalue weighted by molar-refractivity contribution is -0.139. The third-order valence-corrected chi connectivity index (χ3v) is 3.71. The number of carboxylic acid groups (broad SMARTS) is 1. The van der Waals surface area contributed by atoms with E-state index in [1.165, 1.54) is 12.1 Å². The van der Waals surface area contributed by atoms with Gasteiger partial charge in [0.05, 0.1) is 0 Å². The SMILES string of the molecule is CC(C)NC(=O)Nc1ccc(C(=O)N[C@@H](Cc2ccccc2)C(=O)O)cc1. The number of hydrogen-bond acceptors (Lipinski definition) is 3. The lowest BCUT2D eigenvalue weighted by Crippen LogP contribution is -2.42. The maximum absolute atomic E-state index is 12.4. The lowest BCUT2D eigenvalue weighted by atomic mass is 10.1. The molecular weight excluding hydrogens is 346 g/mol. The Morgan fingerprint density at radius 2 is 1.56 bits per heavy atom. The van der Waals surface area contributed by atoms with E-state index in [9.17, 15) is 19.5 Å². The first-order chi connectivity index (χ1) is 12.8. The van der Waals surface area contributed by atoms with Crippen molar-refractivity contribution in [3.63, 3.8) is 0 Å². The van der Waals surface area contributed by atoms with Crippen molar-refractivity contribution in [1.82, 2.24) is 10.6 Å². The zero-order valence-corrected chi connectivity index (χ0v) is 15.2. The molecule has 0 saturated carbocycles. The molecule has 142 valence electrons. The van der Waals surface area contributed by atoms with Crippen LogP contribution in [0.3, 0.4) is 0 Å². The molecule has 2 aromatic rings. The second-order valence-corrected chi connectivity index (χ2v) is 6.38. The molecule has 0 radical (unpaired) electrons. The van der Waals surface area contributed by atoms with Crippen LogP contribution in [0.4, 0.5) is 10.5 Å². The number of benzene rings is 2. The summed E-state index contributed by atoms with van der Waals surface area (Å²) >= 11 is 0. The van der Waals surface area contributed by atoms with Gasteiger partial charge in [0.25, 0.3) is 5.91 Å². The zero-order valence-electron chi connectivity index (χ0n) is 15.2. The highest BCUT2D eigenvalue weighted by molar-refractivity contribution is 5.97. The Bertz CT molecular complexity index is 789. The summed E-state index contributed by atoms with van der Waals surface area (Å²) in [6.07, 6.45) is 0.191. The van der Waals surface area contributed by atoms with Crippen molar-refractivity contribution in [2.75, 3.05) is 5.32 Å². The van der Waals surface area contributed by atoms with Gasteiger partial charge in [-0.3, -0.25) is 4.79 Å². The third-order valence-electron chi connectivity index (χ3n) is 3.71. The molecule has 7 heteroatoms. The fourth-order valence-corrected chi connectivity index (χ4v) is 2.43. The van der Waals surface area contributed by atoms with Crippen LogP contribution in [0.2, 0.25) is 0 Å². The third kappa shape index (κ3) is 6.47. The lowest BCUT2D eigenvalue weighted by Gasteiger charge is -2.15. The Hall–Kier alpha value is -3.35. The van der Waals surface area contributed by atoms with Gasteiger partial charge in [-0.2, -0.15) is 0 Å². The molecule has 2 rings (SSSR count). The molecule has 0 aliphatic rings. The quantitative estimate of drug-likeness (QED) is 0.602. The van der Waals surface area contributed by atoms with E-state index in [0.29, 0.717) is 11.3 Å². The number of nitrogens with one attached hydrogen (secondary N) is 3. The first-order valence-electron chi connectivity index (χ1n) is 8.60. The number of hydrogen-bond donors (Lipinski definition) is 4. The number of carbonyl (C=O) groups excluding carboxylic acids is 2. The van der Waals surface area contributed by atoms with Gasteiger partial charge >= 0.3 is 12.0 Å². The maximum atomic E-state index is 12.4. The highest BCUT2D eigenvalue weighted by atomic mass is 16.4. The summed E-state index contributed by atoms with van der Waals surface area (Å²) in [5, 5.41) is 17.3. The monoisotopic (exact) mass is 369 g/mol. The van der Waals surface area contributed by atoms with Gasteiger partial charge in [-0.25, -0.2) is 9.59 Å². The molecule has 0 heterocycles. The number of carboxylic acids is 1. The second kappa shape index (κ2) is 9.38. The number of rotatable bonds is 7. The highest BCUT2D eigenvalue weighted by Crippen LogP contribution is 2.11. The maximum Gasteiger partial charge on any atom is 0.326 e. The number of amides is 3. The molecule has 0 unspecified atom stereocenters. The predicted octanol–water partition coefficient (Wildman–Crippen LogP) is 2.64. The summed E-state index contributed by atoms with van der Waals surface area (Å²) < 4.78 is 0. The van der Waals surface area contributed by atoms with E-state index in [-0.39, 0.29) is 18.5 Å². The van der Waals surface area contributed by atoms with Crippen LogP contribution in [0.15, 0.2) is 54.6 Å². The van der Waals surface area contributed by atoms with Crippen molar-refractivity contribution in [2.45, 2.75) is 32.4 Å². The summed E-state index contributed by atoms with van der Waals surface area (Å²) in [4.78, 5) is 35.5. The smallest absolute Gasteiger partial charge is 0.326 e. The Balaban J connectivity index is 1.99. The van der Waals surface area contributed by atoms with Crippen LogP contribution in [0, 0.1) is 0 Å². The van der Waals surface area contributed by atoms with E-state index < -0.39 is 17.9 Å². The number of urea groups is 1. The minimum absolute atomic E-state index is 0.00705. The van der Waals surface area contributed by atoms with E-state index in [4.69, 9.17) is 0 Å². The van der Waals surface area contributed by atoms with Crippen molar-refractivity contribution in [3.8, 4) is 0 Å². The fourth-order valence-electron chi connectivity index (χ4n) is 2.43. The van der Waals surface area contributed by atoms with Crippen molar-refractivity contribution in [1.29, 1.82) is 0 Å². The van der Waals surface area contributed by atoms with Gasteiger partial charge in [-0.1, -0.05) is 30.3 Å². The van der Waals surface area contributed by atoms with Gasteiger partial charge in [-0.05, 0) is 43.7 Å². The normalized spacial score (nSPS) is 11.5. The van der Waals surface area contributed by atoms with Gasteiger partial charge in [0, 0.05) is 23.7 Å². The Morgan fingerprint density at radius 1 is 0.926 bits per heavy atom. The standard InChI is InChI=1S/C20H23N3O4/c1-13(2)21-20(27)22-16-10-8-15(9-11-16)18(24)23-17(19(25)26)12-14-6-4-3-5-7-14/h3-11,13,17H,12H2,1-2H3,(H,23,24)(H,25,26)(H2,21,22,27)/t17-/m0/s1. The minimum atomic E-state index is -1.10. The van der Waals surface area contributed by atoms with Crippen LogP contribution in [-0.2, 0) is 11.2 Å². The highest BCUT2D eigenvalue weighted by Gasteiger charge is 2.21. The van der Waals surface area contributed by atoms with Crippen LogP contribution in [0.25, 0.3) is 0 Å². The Kier molecular flexibility index (Phi) is 6.93. The molecule has 2 aromatic carbocycles. The van der Waals surface area contributed by atoms with Crippen molar-refractivity contribution >= 4 is 23.6 Å². The Labute approximate surface area is 157 Å². The van der Waals surface area contributed by atoms with Gasteiger partial charge in [0.2, 0.25) is 0 Å². The molecule has 1 atom stereocenters. The zero-order chi connectivity index (χ0) is 19.8. The molecular formula is C20H23N3O4. The first-order valence-corrected chi connectivity index (χ1v) is 8.60. The molecule has 7 nitrogen and oxygen atoms in total. The predicted molar refractivity (Wildman–Crippen MR) is 103 cm³/mol. The second-order valence-electron chi connectivity index (χ2n) is 6.38. The molecule has 0 bridgehead atoms. The Morgan fingerprint density at radius 3 is 2.11 bits per heavy atom. The van der Waals surface area contributed by atoms with Crippen molar-refractivity contribution in [2.24, 2.45) is 0 Å². The largest absolute Gasteiger partial charge is 0.480 e. The first kappa shape index (κ1) is 20.0. The minimum Gasteiger partial charge on any atom is -0.480 e. The molecule has 27 heavy (non-hydrogen) atoms. The average Bonchev–Trinajstić information content (AvgIpc) is 2.61. The molecule has 4 N–H and O–H groups in total. The molecule has 0 aliphatic heterocycles. The van der Waals surface area contributed by atoms with E-state index in [1.54, 1.807) is 12.1 Å². The average molecular weight is 369 g/mol. The van der Waals surface area contributed by atoms with Crippen LogP contribution >= 0.6 is 0 Å². The van der Waals surface area contributed by atoms with Crippen LogP contribution in [0.5, 0.6) is 0 Å². The number of carbonyl (C=O) groups is 3. The van der Waals surface area contributed by atoms with Gasteiger partial charge in [-0.15, -0.1) is 0 Å². The van der Waals surface area contributed by atoms with Crippen LogP contribution in [0.1, 0.15) is 29.8 Å². The van der Waals surface area contributed by atoms with Gasteiger partial charge in [0.15, 0.2) is 0 Å². The number of anilines is 1. The topological polar surface area (TPSA) is 108 Å². The van der Waals surface area contributed by atoms with Crippen molar-refractivity contribution < 1.29 is 19.5 Å². The van der Waals surface area contributed by atoms with Crippen LogP contribution < -0.4 is 16.0 Å². The summed E-state index contributed by atoms with van der Waals surface area (Å²) in [5.41, 5.74) is 1.66. The molecule has 0 aliphatic carbocycles. The number of aliphatic carboxylic acids is 1. The summed E-state index contributed by atoms with van der Waals surface area (Å²) in [6, 6.07) is 14.0. The van der Waals surface area contributed by atoms with Gasteiger partial charge < -0.3 is 21.1 Å². The molecule has 0 aromatic heterocycles. The summed E-state index contributed by atoms with van der Waals surface area (Å²) in [7, 11) is 0. The molecule has 0 saturated heterocycles. The fraction of sp³-hybridized carbons (Fsp3) is 0.250. The van der Waals surface area contributed by atoms with E-state index >= 15 is 0 Å². The van der Waals surface area contributed by atoms with Crippen molar-refractivity contribution in [3.05, 3.63) is 65.7 Å². The molecule has 3 amide bonds. The van der Waals surface area contributed by atoms with E-state index in [1.807, 2.05) is 44.2 Å². The van der Waals surface area contributed by atoms with Gasteiger partial charge in [0.1, 0.15) is 6.04 Å². The van der Waals surface area contributed by atoms with E-state index in [2.05, 4.69) is 16.0 Å². The van der Waals surface area contributed by atoms with Crippen LogP contribution in [-0.4, -0.2) is 35.1 Å². The molecule has 0 spiro atoms. The van der Waals surface area contributed by atoms with E-state index in [0.717, 1.165) is 5.56 Å². The molecule has 0 fully saturated rings.